The van der Waals surface area contributed by atoms with Crippen molar-refractivity contribution in [1.29, 1.82) is 0 Å². The first-order valence-electron chi connectivity index (χ1n) is 7.22. The second-order valence-electron chi connectivity index (χ2n) is 6.18. The number of nitrogens with zero attached hydrogens (tertiary/aromatic N) is 1. The van der Waals surface area contributed by atoms with Crippen molar-refractivity contribution in [3.8, 4) is 11.8 Å². The summed E-state index contributed by atoms with van der Waals surface area (Å²) in [6, 6.07) is 8.87. The van der Waals surface area contributed by atoms with E-state index in [0.29, 0.717) is 0 Å². The predicted molar refractivity (Wildman–Crippen MR) is 86.6 cm³/mol. The molecule has 1 aromatic carbocycles. The quantitative estimate of drug-likeness (QED) is 0.831. The van der Waals surface area contributed by atoms with Crippen molar-refractivity contribution in [1.82, 2.24) is 9.88 Å². The summed E-state index contributed by atoms with van der Waals surface area (Å²) in [5.41, 5.74) is 2.78. The summed E-state index contributed by atoms with van der Waals surface area (Å²) in [4.78, 5) is 0. The van der Waals surface area contributed by atoms with Crippen LogP contribution in [0.4, 0.5) is 0 Å². The first-order valence-corrected chi connectivity index (χ1v) is 7.22. The number of hydrogen-bond donors (Lipinski definition) is 1. The van der Waals surface area contributed by atoms with E-state index >= 15 is 0 Å². The van der Waals surface area contributed by atoms with Gasteiger partial charge < -0.3 is 9.88 Å². The number of fused-ring (bicyclic) bond motifs is 1. The zero-order valence-electron chi connectivity index (χ0n) is 13.0. The van der Waals surface area contributed by atoms with Crippen LogP contribution < -0.4 is 5.32 Å². The Balaban J connectivity index is 2.17. The largest absolute Gasteiger partial charge is 0.347 e. The summed E-state index contributed by atoms with van der Waals surface area (Å²) in [5.74, 6) is 6.08. The summed E-state index contributed by atoms with van der Waals surface area (Å²) in [6.45, 7) is 10.3. The second kappa shape index (κ2) is 6.15. The first kappa shape index (κ1) is 14.7. The van der Waals surface area contributed by atoms with E-state index in [4.69, 9.17) is 0 Å². The van der Waals surface area contributed by atoms with E-state index in [1.54, 1.807) is 0 Å². The molecule has 2 nitrogen and oxygen atoms in total. The molecule has 0 unspecified atom stereocenters. The Morgan fingerprint density at radius 2 is 2.00 bits per heavy atom. The molecule has 0 aliphatic heterocycles. The third kappa shape index (κ3) is 3.88. The summed E-state index contributed by atoms with van der Waals surface area (Å²) in [7, 11) is 0. The average Bonchev–Trinajstić information content (AvgIpc) is 2.79. The molecule has 2 rings (SSSR count). The molecule has 1 heterocycles. The van der Waals surface area contributed by atoms with Crippen molar-refractivity contribution in [3.05, 3.63) is 36.0 Å². The lowest BCUT2D eigenvalue weighted by Crippen LogP contribution is -2.35. The van der Waals surface area contributed by atoms with Crippen molar-refractivity contribution in [2.24, 2.45) is 0 Å². The van der Waals surface area contributed by atoms with Gasteiger partial charge in [0.2, 0.25) is 0 Å². The lowest BCUT2D eigenvalue weighted by molar-refractivity contribution is 0.424. The molecule has 20 heavy (non-hydrogen) atoms. The molecular weight excluding hydrogens is 244 g/mol. The lowest BCUT2D eigenvalue weighted by Gasteiger charge is -2.20. The second-order valence-corrected chi connectivity index (χ2v) is 6.18. The molecule has 0 amide bonds. The molecule has 106 valence electrons. The fourth-order valence-electron chi connectivity index (χ4n) is 2.20. The molecule has 1 aromatic heterocycles. The van der Waals surface area contributed by atoms with Gasteiger partial charge in [0.05, 0.1) is 0 Å². The highest BCUT2D eigenvalue weighted by molar-refractivity contribution is 5.80. The van der Waals surface area contributed by atoms with Gasteiger partial charge in [-0.1, -0.05) is 12.1 Å². The number of nitrogens with one attached hydrogen (secondary N) is 1. The van der Waals surface area contributed by atoms with E-state index < -0.39 is 0 Å². The van der Waals surface area contributed by atoms with E-state index in [2.05, 4.69) is 73.0 Å². The van der Waals surface area contributed by atoms with E-state index in [-0.39, 0.29) is 5.54 Å². The summed E-state index contributed by atoms with van der Waals surface area (Å²) >= 11 is 0. The Morgan fingerprint density at radius 3 is 2.70 bits per heavy atom. The Bertz CT molecular complexity index is 633. The summed E-state index contributed by atoms with van der Waals surface area (Å²) in [5, 5.41) is 4.84. The lowest BCUT2D eigenvalue weighted by atomic mass is 10.1. The monoisotopic (exact) mass is 268 g/mol. The van der Waals surface area contributed by atoms with Crippen molar-refractivity contribution < 1.29 is 0 Å². The third-order valence-corrected chi connectivity index (χ3v) is 3.32. The van der Waals surface area contributed by atoms with Crippen LogP contribution in [0.3, 0.4) is 0 Å². The molecule has 0 spiro atoms. The summed E-state index contributed by atoms with van der Waals surface area (Å²) in [6.07, 6.45) is 3.06. The van der Waals surface area contributed by atoms with Crippen molar-refractivity contribution in [2.75, 3.05) is 0 Å². The smallest absolute Gasteiger partial charge is 0.0483 e. The Morgan fingerprint density at radius 1 is 1.20 bits per heavy atom. The van der Waals surface area contributed by atoms with Crippen LogP contribution in [0.5, 0.6) is 0 Å². The van der Waals surface area contributed by atoms with E-state index in [0.717, 1.165) is 19.5 Å². The Labute approximate surface area is 122 Å². The van der Waals surface area contributed by atoms with Gasteiger partial charge in [-0.25, -0.2) is 0 Å². The van der Waals surface area contributed by atoms with Gasteiger partial charge >= 0.3 is 0 Å². The molecule has 0 aliphatic carbocycles. The molecule has 0 bridgehead atoms. The molecule has 0 saturated heterocycles. The van der Waals surface area contributed by atoms with Crippen LogP contribution in [0, 0.1) is 11.8 Å². The fourth-order valence-corrected chi connectivity index (χ4v) is 2.20. The minimum Gasteiger partial charge on any atom is -0.347 e. The third-order valence-electron chi connectivity index (χ3n) is 3.32. The van der Waals surface area contributed by atoms with Gasteiger partial charge in [0, 0.05) is 36.8 Å². The van der Waals surface area contributed by atoms with Gasteiger partial charge in [0.25, 0.3) is 0 Å². The van der Waals surface area contributed by atoms with E-state index in [1.165, 1.54) is 16.5 Å². The van der Waals surface area contributed by atoms with Crippen LogP contribution in [0.25, 0.3) is 10.9 Å². The SMILES string of the molecule is CC#CCCn1ccc2ccc(CNC(C)(C)C)cc21. The van der Waals surface area contributed by atoms with E-state index in [1.807, 2.05) is 6.92 Å². The molecule has 2 heteroatoms. The van der Waals surface area contributed by atoms with Gasteiger partial charge in [-0.05, 0) is 50.8 Å². The highest BCUT2D eigenvalue weighted by atomic mass is 15.0. The van der Waals surface area contributed by atoms with Crippen molar-refractivity contribution in [3.63, 3.8) is 0 Å². The average molecular weight is 268 g/mol. The standard InChI is InChI=1S/C18H24N2/c1-5-6-7-11-20-12-10-16-9-8-15(13-17(16)20)14-19-18(2,3)4/h8-10,12-13,19H,7,11,14H2,1-4H3. The fraction of sp³-hybridized carbons (Fsp3) is 0.444. The minimum atomic E-state index is 0.146. The van der Waals surface area contributed by atoms with Crippen LogP contribution in [0.1, 0.15) is 39.7 Å². The predicted octanol–water partition coefficient (Wildman–Crippen LogP) is 3.94. The molecule has 0 saturated carbocycles. The van der Waals surface area contributed by atoms with Crippen molar-refractivity contribution >= 4 is 10.9 Å². The highest BCUT2D eigenvalue weighted by Crippen LogP contribution is 2.18. The zero-order chi connectivity index (χ0) is 14.6. The van der Waals surface area contributed by atoms with Gasteiger partial charge in [-0.15, -0.1) is 11.8 Å². The Hall–Kier alpha value is -1.72. The number of aryl methyl sites for hydroxylation is 1. The molecule has 2 aromatic rings. The molecule has 0 radical (unpaired) electrons. The van der Waals surface area contributed by atoms with Gasteiger partial charge in [-0.3, -0.25) is 0 Å². The van der Waals surface area contributed by atoms with Crippen LogP contribution in [0.15, 0.2) is 30.5 Å². The molecule has 0 aliphatic rings. The Kier molecular flexibility index (Phi) is 4.52. The van der Waals surface area contributed by atoms with Crippen LogP contribution in [-0.2, 0) is 13.1 Å². The maximum atomic E-state index is 3.54. The normalized spacial score (nSPS) is 11.4. The van der Waals surface area contributed by atoms with Gasteiger partial charge in [-0.2, -0.15) is 0 Å². The summed E-state index contributed by atoms with van der Waals surface area (Å²) < 4.78 is 2.29. The van der Waals surface area contributed by atoms with Crippen LogP contribution in [-0.4, -0.2) is 10.1 Å². The molecule has 0 atom stereocenters. The number of hydrogen-bond acceptors (Lipinski definition) is 1. The topological polar surface area (TPSA) is 17.0 Å². The van der Waals surface area contributed by atoms with Crippen molar-refractivity contribution in [2.45, 2.75) is 52.7 Å². The maximum Gasteiger partial charge on any atom is 0.0483 e. The van der Waals surface area contributed by atoms with E-state index in [9.17, 15) is 0 Å². The highest BCUT2D eigenvalue weighted by Gasteiger charge is 2.09. The molecule has 0 fully saturated rings. The van der Waals surface area contributed by atoms with Gasteiger partial charge in [0.1, 0.15) is 0 Å². The number of rotatable bonds is 4. The maximum absolute atomic E-state index is 3.54. The molecular formula is C18H24N2. The number of benzene rings is 1. The number of aromatic nitrogens is 1. The van der Waals surface area contributed by atoms with Crippen LogP contribution in [0.2, 0.25) is 0 Å². The zero-order valence-corrected chi connectivity index (χ0v) is 13.0. The van der Waals surface area contributed by atoms with Gasteiger partial charge in [0.15, 0.2) is 0 Å². The molecule has 1 N–H and O–H groups in total. The first-order chi connectivity index (χ1) is 9.49. The minimum absolute atomic E-state index is 0.146. The van der Waals surface area contributed by atoms with Crippen LogP contribution >= 0.6 is 0 Å².